The highest BCUT2D eigenvalue weighted by Gasteiger charge is 2.63. The molecule has 78 valence electrons. The lowest BCUT2D eigenvalue weighted by molar-refractivity contribution is -0.187. The topological polar surface area (TPSA) is 76.4 Å². The van der Waals surface area contributed by atoms with Crippen molar-refractivity contribution in [3.63, 3.8) is 0 Å². The van der Waals surface area contributed by atoms with E-state index in [0.717, 1.165) is 0 Å². The van der Waals surface area contributed by atoms with Gasteiger partial charge in [0.25, 0.3) is 0 Å². The number of nitriles is 1. The van der Waals surface area contributed by atoms with Gasteiger partial charge in [-0.2, -0.15) is 5.26 Å². The van der Waals surface area contributed by atoms with E-state index in [2.05, 4.69) is 4.74 Å². The van der Waals surface area contributed by atoms with Gasteiger partial charge in [-0.05, 0) is 0 Å². The molecule has 1 aliphatic heterocycles. The summed E-state index contributed by atoms with van der Waals surface area (Å²) in [5.41, 5.74) is -1.07. The first kappa shape index (κ1) is 9.71. The van der Waals surface area contributed by atoms with E-state index in [0.29, 0.717) is 6.42 Å². The minimum absolute atomic E-state index is 0.391. The molecular weight excluding hydrogens is 198 g/mol. The molecule has 1 saturated carbocycles. The molecule has 0 spiro atoms. The van der Waals surface area contributed by atoms with Crippen LogP contribution in [-0.2, 0) is 19.1 Å². The Morgan fingerprint density at radius 1 is 1.80 bits per heavy atom. The predicted octanol–water partition coefficient (Wildman–Crippen LogP) is 0.171. The van der Waals surface area contributed by atoms with E-state index in [-0.39, 0.29) is 0 Å². The van der Waals surface area contributed by atoms with Crippen molar-refractivity contribution in [1.82, 2.24) is 0 Å². The number of carbonyl (C=O) groups is 2. The van der Waals surface area contributed by atoms with Gasteiger partial charge in [0.2, 0.25) is 0 Å². The molecule has 3 atom stereocenters. The van der Waals surface area contributed by atoms with Crippen LogP contribution < -0.4 is 0 Å². The highest BCUT2D eigenvalue weighted by atomic mass is 16.6. The Hall–Kier alpha value is -1.83. The van der Waals surface area contributed by atoms with Crippen molar-refractivity contribution in [2.45, 2.75) is 12.5 Å². The van der Waals surface area contributed by atoms with Crippen LogP contribution in [0.3, 0.4) is 0 Å². The van der Waals surface area contributed by atoms with E-state index < -0.39 is 29.4 Å². The monoisotopic (exact) mass is 207 g/mol. The third kappa shape index (κ3) is 1.08. The van der Waals surface area contributed by atoms with Gasteiger partial charge in [0, 0.05) is 12.5 Å². The molecule has 0 N–H and O–H groups in total. The van der Waals surface area contributed by atoms with Gasteiger partial charge in [-0.15, -0.1) is 0 Å². The standard InChI is InChI=1S/C10H9NO4/c1-14-9(13)10-3-2-8(12)15-7(10)4-6(10)5-11/h2-3,6-7H,4H2,1H3. The maximum atomic E-state index is 11.6. The van der Waals surface area contributed by atoms with Crippen LogP contribution in [0.4, 0.5) is 0 Å². The molecule has 5 heteroatoms. The van der Waals surface area contributed by atoms with Crippen LogP contribution >= 0.6 is 0 Å². The van der Waals surface area contributed by atoms with Crippen LogP contribution in [0.2, 0.25) is 0 Å². The Morgan fingerprint density at radius 2 is 2.53 bits per heavy atom. The van der Waals surface area contributed by atoms with Crippen molar-refractivity contribution < 1.29 is 19.1 Å². The SMILES string of the molecule is COC(=O)C12C=CC(=O)OC1CC2C#N. The Kier molecular flexibility index (Phi) is 2.00. The Morgan fingerprint density at radius 3 is 3.07 bits per heavy atom. The summed E-state index contributed by atoms with van der Waals surface area (Å²) >= 11 is 0. The van der Waals surface area contributed by atoms with E-state index in [1.165, 1.54) is 19.3 Å². The van der Waals surface area contributed by atoms with Gasteiger partial charge in [0.1, 0.15) is 11.5 Å². The smallest absolute Gasteiger partial charge is 0.330 e. The number of hydrogen-bond acceptors (Lipinski definition) is 5. The number of ether oxygens (including phenoxy) is 2. The van der Waals surface area contributed by atoms with Gasteiger partial charge < -0.3 is 9.47 Å². The number of nitrogens with zero attached hydrogens (tertiary/aromatic N) is 1. The molecule has 0 aromatic rings. The summed E-state index contributed by atoms with van der Waals surface area (Å²) in [7, 11) is 1.26. The zero-order chi connectivity index (χ0) is 11.1. The summed E-state index contributed by atoms with van der Waals surface area (Å²) in [4.78, 5) is 22.6. The third-order valence-corrected chi connectivity index (χ3v) is 3.01. The Labute approximate surface area is 86.3 Å². The lowest BCUT2D eigenvalue weighted by Crippen LogP contribution is -2.60. The highest BCUT2D eigenvalue weighted by Crippen LogP contribution is 2.52. The third-order valence-electron chi connectivity index (χ3n) is 3.01. The molecule has 15 heavy (non-hydrogen) atoms. The largest absolute Gasteiger partial charge is 0.468 e. The van der Waals surface area contributed by atoms with Crippen LogP contribution in [0.25, 0.3) is 0 Å². The van der Waals surface area contributed by atoms with Gasteiger partial charge in [-0.25, -0.2) is 4.79 Å². The van der Waals surface area contributed by atoms with Crippen molar-refractivity contribution in [2.75, 3.05) is 7.11 Å². The highest BCUT2D eigenvalue weighted by molar-refractivity contribution is 5.90. The molecule has 1 fully saturated rings. The summed E-state index contributed by atoms with van der Waals surface area (Å²) in [6.45, 7) is 0. The van der Waals surface area contributed by atoms with Crippen molar-refractivity contribution in [3.8, 4) is 6.07 Å². The zero-order valence-corrected chi connectivity index (χ0v) is 8.10. The Bertz CT molecular complexity index is 395. The molecule has 1 heterocycles. The maximum Gasteiger partial charge on any atom is 0.330 e. The first-order valence-corrected chi connectivity index (χ1v) is 4.53. The number of methoxy groups -OCH3 is 1. The van der Waals surface area contributed by atoms with Gasteiger partial charge >= 0.3 is 11.9 Å². The second kappa shape index (κ2) is 3.09. The van der Waals surface area contributed by atoms with E-state index >= 15 is 0 Å². The summed E-state index contributed by atoms with van der Waals surface area (Å²) in [5.74, 6) is -1.47. The van der Waals surface area contributed by atoms with E-state index in [1.807, 2.05) is 6.07 Å². The van der Waals surface area contributed by atoms with Gasteiger partial charge in [-0.1, -0.05) is 6.08 Å². The lowest BCUT2D eigenvalue weighted by Gasteiger charge is -2.49. The molecule has 0 radical (unpaired) electrons. The number of rotatable bonds is 1. The molecule has 0 aromatic carbocycles. The van der Waals surface area contributed by atoms with E-state index in [4.69, 9.17) is 10.00 Å². The summed E-state index contributed by atoms with van der Waals surface area (Å²) in [6, 6.07) is 2.03. The number of carbonyl (C=O) groups excluding carboxylic acids is 2. The molecule has 2 rings (SSSR count). The Balaban J connectivity index is 2.39. The fourth-order valence-electron chi connectivity index (χ4n) is 2.10. The zero-order valence-electron chi connectivity index (χ0n) is 8.10. The van der Waals surface area contributed by atoms with Crippen molar-refractivity contribution in [3.05, 3.63) is 12.2 Å². The minimum atomic E-state index is -1.07. The molecule has 2 aliphatic rings. The molecule has 3 unspecified atom stereocenters. The number of esters is 2. The molecule has 1 aliphatic carbocycles. The molecule has 5 nitrogen and oxygen atoms in total. The van der Waals surface area contributed by atoms with Gasteiger partial charge in [-0.3, -0.25) is 4.79 Å². The molecule has 0 bridgehead atoms. The average Bonchev–Trinajstić information content (AvgIpc) is 2.22. The quantitative estimate of drug-likeness (QED) is 0.573. The van der Waals surface area contributed by atoms with Crippen LogP contribution in [0.15, 0.2) is 12.2 Å². The summed E-state index contributed by atoms with van der Waals surface area (Å²) in [6.07, 6.45) is 2.46. The normalized spacial score (nSPS) is 36.9. The van der Waals surface area contributed by atoms with Crippen LogP contribution in [0.1, 0.15) is 6.42 Å². The molecule has 0 amide bonds. The van der Waals surface area contributed by atoms with E-state index in [1.54, 1.807) is 0 Å². The average molecular weight is 207 g/mol. The van der Waals surface area contributed by atoms with Crippen LogP contribution in [0.5, 0.6) is 0 Å². The summed E-state index contributed by atoms with van der Waals surface area (Å²) in [5, 5.41) is 8.87. The second-order valence-corrected chi connectivity index (χ2v) is 3.60. The van der Waals surface area contributed by atoms with Crippen LogP contribution in [-0.4, -0.2) is 25.2 Å². The molecular formula is C10H9NO4. The fourth-order valence-corrected chi connectivity index (χ4v) is 2.10. The summed E-state index contributed by atoms with van der Waals surface area (Å²) < 4.78 is 9.62. The fraction of sp³-hybridized carbons (Fsp3) is 0.500. The van der Waals surface area contributed by atoms with Crippen LogP contribution in [0, 0.1) is 22.7 Å². The molecule has 0 saturated heterocycles. The van der Waals surface area contributed by atoms with Crippen molar-refractivity contribution >= 4 is 11.9 Å². The minimum Gasteiger partial charge on any atom is -0.468 e. The number of fused-ring (bicyclic) bond motifs is 1. The second-order valence-electron chi connectivity index (χ2n) is 3.60. The lowest BCUT2D eigenvalue weighted by atomic mass is 9.57. The maximum absolute atomic E-state index is 11.6. The molecule has 0 aromatic heterocycles. The van der Waals surface area contributed by atoms with E-state index in [9.17, 15) is 9.59 Å². The first-order chi connectivity index (χ1) is 7.15. The van der Waals surface area contributed by atoms with Gasteiger partial charge in [0.15, 0.2) is 0 Å². The predicted molar refractivity (Wildman–Crippen MR) is 47.2 cm³/mol. The number of hydrogen-bond donors (Lipinski definition) is 0. The van der Waals surface area contributed by atoms with Crippen molar-refractivity contribution in [1.29, 1.82) is 5.26 Å². The van der Waals surface area contributed by atoms with Gasteiger partial charge in [0.05, 0.1) is 19.1 Å². The van der Waals surface area contributed by atoms with Crippen molar-refractivity contribution in [2.24, 2.45) is 11.3 Å². The first-order valence-electron chi connectivity index (χ1n) is 4.53.